The van der Waals surface area contributed by atoms with E-state index in [1.807, 2.05) is 18.7 Å². The standard InChI is InChI=1S/C11H22N2S/c1-9(2)6-14-8-11(5,7-12)13-10(3)4/h9-10,13H,6,8H2,1-5H3. The molecule has 14 heavy (non-hydrogen) atoms. The number of nitrogens with zero attached hydrogens (tertiary/aromatic N) is 1. The van der Waals surface area contributed by atoms with Crippen molar-refractivity contribution >= 4 is 11.8 Å². The molecule has 0 saturated heterocycles. The molecule has 1 N–H and O–H groups in total. The lowest BCUT2D eigenvalue weighted by atomic mass is 10.1. The maximum Gasteiger partial charge on any atom is 0.113 e. The molecule has 0 fully saturated rings. The van der Waals surface area contributed by atoms with Gasteiger partial charge in [-0.2, -0.15) is 17.0 Å². The Morgan fingerprint density at radius 3 is 2.29 bits per heavy atom. The van der Waals surface area contributed by atoms with E-state index in [-0.39, 0.29) is 5.54 Å². The monoisotopic (exact) mass is 214 g/mol. The van der Waals surface area contributed by atoms with Gasteiger partial charge in [0.25, 0.3) is 0 Å². The highest BCUT2D eigenvalue weighted by molar-refractivity contribution is 7.99. The number of nitriles is 1. The van der Waals surface area contributed by atoms with E-state index in [4.69, 9.17) is 5.26 Å². The molecule has 0 aliphatic heterocycles. The summed E-state index contributed by atoms with van der Waals surface area (Å²) in [6.07, 6.45) is 0. The van der Waals surface area contributed by atoms with Crippen LogP contribution in [0.1, 0.15) is 34.6 Å². The molecule has 0 bridgehead atoms. The first-order chi connectivity index (χ1) is 6.39. The molecule has 0 radical (unpaired) electrons. The molecule has 0 aliphatic rings. The summed E-state index contributed by atoms with van der Waals surface area (Å²) >= 11 is 1.85. The van der Waals surface area contributed by atoms with Crippen molar-refractivity contribution in [2.75, 3.05) is 11.5 Å². The van der Waals surface area contributed by atoms with Crippen LogP contribution in [-0.2, 0) is 0 Å². The average Bonchev–Trinajstić information content (AvgIpc) is 2.02. The van der Waals surface area contributed by atoms with Gasteiger partial charge in [-0.15, -0.1) is 0 Å². The van der Waals surface area contributed by atoms with Gasteiger partial charge in [-0.1, -0.05) is 13.8 Å². The molecule has 2 nitrogen and oxygen atoms in total. The van der Waals surface area contributed by atoms with E-state index in [0.717, 1.165) is 11.5 Å². The maximum atomic E-state index is 9.07. The first kappa shape index (κ1) is 13.8. The number of thioether (sulfide) groups is 1. The molecule has 0 rings (SSSR count). The summed E-state index contributed by atoms with van der Waals surface area (Å²) in [4.78, 5) is 0. The third-order valence-electron chi connectivity index (χ3n) is 1.70. The Bertz CT molecular complexity index is 196. The highest BCUT2D eigenvalue weighted by Crippen LogP contribution is 2.16. The molecule has 0 amide bonds. The molecule has 82 valence electrons. The minimum absolute atomic E-state index is 0.360. The first-order valence-electron chi connectivity index (χ1n) is 5.16. The van der Waals surface area contributed by atoms with Crippen LogP contribution < -0.4 is 5.32 Å². The van der Waals surface area contributed by atoms with Crippen molar-refractivity contribution in [1.82, 2.24) is 5.32 Å². The third kappa shape index (κ3) is 6.28. The van der Waals surface area contributed by atoms with E-state index < -0.39 is 0 Å². The summed E-state index contributed by atoms with van der Waals surface area (Å²) in [6, 6.07) is 2.71. The Morgan fingerprint density at radius 1 is 1.36 bits per heavy atom. The Balaban J connectivity index is 3.95. The summed E-state index contributed by atoms with van der Waals surface area (Å²) in [5, 5.41) is 12.4. The fourth-order valence-electron chi connectivity index (χ4n) is 1.24. The lowest BCUT2D eigenvalue weighted by Gasteiger charge is -2.25. The molecule has 0 spiro atoms. The van der Waals surface area contributed by atoms with Crippen LogP contribution in [0.2, 0.25) is 0 Å². The number of nitrogens with one attached hydrogen (secondary N) is 1. The van der Waals surface area contributed by atoms with Crippen LogP contribution >= 0.6 is 11.8 Å². The van der Waals surface area contributed by atoms with Gasteiger partial charge >= 0.3 is 0 Å². The largest absolute Gasteiger partial charge is 0.297 e. The molecule has 0 aliphatic carbocycles. The zero-order valence-corrected chi connectivity index (χ0v) is 10.7. The summed E-state index contributed by atoms with van der Waals surface area (Å²) < 4.78 is 0. The molecular weight excluding hydrogens is 192 g/mol. The summed E-state index contributed by atoms with van der Waals surface area (Å²) in [6.45, 7) is 10.5. The van der Waals surface area contributed by atoms with Crippen molar-refractivity contribution in [2.24, 2.45) is 5.92 Å². The van der Waals surface area contributed by atoms with E-state index in [1.54, 1.807) is 0 Å². The van der Waals surface area contributed by atoms with Crippen LogP contribution in [-0.4, -0.2) is 23.1 Å². The van der Waals surface area contributed by atoms with Gasteiger partial charge in [-0.05, 0) is 32.4 Å². The van der Waals surface area contributed by atoms with Crippen molar-refractivity contribution in [2.45, 2.75) is 46.2 Å². The first-order valence-corrected chi connectivity index (χ1v) is 6.32. The van der Waals surface area contributed by atoms with Crippen LogP contribution in [0.15, 0.2) is 0 Å². The Hall–Kier alpha value is -0.200. The lowest BCUT2D eigenvalue weighted by Crippen LogP contribution is -2.47. The van der Waals surface area contributed by atoms with Crippen molar-refractivity contribution in [3.8, 4) is 6.07 Å². The molecule has 0 saturated carbocycles. The minimum Gasteiger partial charge on any atom is -0.297 e. The maximum absolute atomic E-state index is 9.07. The normalized spacial score (nSPS) is 15.6. The highest BCUT2D eigenvalue weighted by atomic mass is 32.2. The van der Waals surface area contributed by atoms with E-state index >= 15 is 0 Å². The molecule has 0 aromatic heterocycles. The van der Waals surface area contributed by atoms with Crippen LogP contribution in [0, 0.1) is 17.2 Å². The van der Waals surface area contributed by atoms with E-state index in [2.05, 4.69) is 39.1 Å². The van der Waals surface area contributed by atoms with Gasteiger partial charge in [0.05, 0.1) is 6.07 Å². The second-order valence-electron chi connectivity index (χ2n) is 4.65. The topological polar surface area (TPSA) is 35.8 Å². The molecule has 1 atom stereocenters. The summed E-state index contributed by atoms with van der Waals surface area (Å²) in [5.74, 6) is 2.68. The second kappa shape index (κ2) is 6.31. The predicted octanol–water partition coefficient (Wildman–Crippen LogP) is 2.66. The molecule has 0 aromatic rings. The fourth-order valence-corrected chi connectivity index (χ4v) is 2.39. The van der Waals surface area contributed by atoms with Crippen molar-refractivity contribution < 1.29 is 0 Å². The Labute approximate surface area is 92.5 Å². The minimum atomic E-state index is -0.381. The van der Waals surface area contributed by atoms with Gasteiger partial charge in [0.2, 0.25) is 0 Å². The van der Waals surface area contributed by atoms with Crippen molar-refractivity contribution in [1.29, 1.82) is 5.26 Å². The van der Waals surface area contributed by atoms with Crippen LogP contribution in [0.5, 0.6) is 0 Å². The molecule has 1 unspecified atom stereocenters. The average molecular weight is 214 g/mol. The van der Waals surface area contributed by atoms with E-state index in [0.29, 0.717) is 12.0 Å². The van der Waals surface area contributed by atoms with Gasteiger partial charge in [0, 0.05) is 11.8 Å². The number of rotatable bonds is 6. The van der Waals surface area contributed by atoms with E-state index in [9.17, 15) is 0 Å². The zero-order chi connectivity index (χ0) is 11.2. The molecule has 0 aromatic carbocycles. The van der Waals surface area contributed by atoms with Gasteiger partial charge in [0.1, 0.15) is 5.54 Å². The Kier molecular flexibility index (Phi) is 6.22. The highest BCUT2D eigenvalue weighted by Gasteiger charge is 2.24. The predicted molar refractivity (Wildman–Crippen MR) is 64.5 cm³/mol. The van der Waals surface area contributed by atoms with Crippen molar-refractivity contribution in [3.63, 3.8) is 0 Å². The van der Waals surface area contributed by atoms with Gasteiger partial charge in [-0.25, -0.2) is 0 Å². The lowest BCUT2D eigenvalue weighted by molar-refractivity contribution is 0.443. The third-order valence-corrected chi connectivity index (χ3v) is 3.38. The molecule has 0 heterocycles. The van der Waals surface area contributed by atoms with Crippen LogP contribution in [0.4, 0.5) is 0 Å². The summed E-state index contributed by atoms with van der Waals surface area (Å²) in [5.41, 5.74) is -0.381. The number of hydrogen-bond acceptors (Lipinski definition) is 3. The van der Waals surface area contributed by atoms with Gasteiger partial charge in [0.15, 0.2) is 0 Å². The molecular formula is C11H22N2S. The summed E-state index contributed by atoms with van der Waals surface area (Å²) in [7, 11) is 0. The zero-order valence-electron chi connectivity index (χ0n) is 9.92. The van der Waals surface area contributed by atoms with Crippen molar-refractivity contribution in [3.05, 3.63) is 0 Å². The fraction of sp³-hybridized carbons (Fsp3) is 0.909. The SMILES string of the molecule is CC(C)CSCC(C)(C#N)NC(C)C. The number of hydrogen-bond donors (Lipinski definition) is 1. The Morgan fingerprint density at radius 2 is 1.93 bits per heavy atom. The van der Waals surface area contributed by atoms with Crippen LogP contribution in [0.25, 0.3) is 0 Å². The van der Waals surface area contributed by atoms with Gasteiger partial charge in [-0.3, -0.25) is 5.32 Å². The smallest absolute Gasteiger partial charge is 0.113 e. The second-order valence-corrected chi connectivity index (χ2v) is 5.68. The molecule has 3 heteroatoms. The van der Waals surface area contributed by atoms with Crippen LogP contribution in [0.3, 0.4) is 0 Å². The van der Waals surface area contributed by atoms with E-state index in [1.165, 1.54) is 0 Å². The van der Waals surface area contributed by atoms with Gasteiger partial charge < -0.3 is 0 Å². The quantitative estimate of drug-likeness (QED) is 0.738.